The van der Waals surface area contributed by atoms with Crippen molar-refractivity contribution in [1.29, 1.82) is 0 Å². The molecule has 0 amide bonds. The molecule has 0 unspecified atom stereocenters. The van der Waals surface area contributed by atoms with Crippen molar-refractivity contribution in [1.82, 2.24) is 4.98 Å². The number of nitrogens with zero attached hydrogens (tertiary/aromatic N) is 1. The summed E-state index contributed by atoms with van der Waals surface area (Å²) in [6, 6.07) is 4.45. The van der Waals surface area contributed by atoms with Gasteiger partial charge in [-0.1, -0.05) is 6.07 Å². The Labute approximate surface area is 169 Å². The summed E-state index contributed by atoms with van der Waals surface area (Å²) in [4.78, 5) is 4.15. The van der Waals surface area contributed by atoms with Gasteiger partial charge in [-0.05, 0) is 45.4 Å². The number of benzene rings is 1. The second-order valence-corrected chi connectivity index (χ2v) is 10.2. The van der Waals surface area contributed by atoms with Crippen molar-refractivity contribution in [2.75, 3.05) is 6.26 Å². The number of ether oxygens (including phenoxy) is 1. The van der Waals surface area contributed by atoms with Crippen LogP contribution >= 0.6 is 0 Å². The number of hydrogen-bond donors (Lipinski definition) is 0. The Kier molecular flexibility index (Phi) is 5.48. The lowest BCUT2D eigenvalue weighted by Gasteiger charge is -2.32. The molecule has 29 heavy (non-hydrogen) atoms. The van der Waals surface area contributed by atoms with Crippen molar-refractivity contribution in [2.24, 2.45) is 0 Å². The summed E-state index contributed by atoms with van der Waals surface area (Å²) in [5.74, 6) is -2.12. The van der Waals surface area contributed by atoms with Gasteiger partial charge in [0.05, 0.1) is 17.0 Å². The van der Waals surface area contributed by atoms with Crippen LogP contribution < -0.4 is 10.2 Å². The van der Waals surface area contributed by atoms with Crippen LogP contribution in [-0.2, 0) is 24.9 Å². The monoisotopic (exact) mass is 425 g/mol. The fourth-order valence-electron chi connectivity index (χ4n) is 2.78. The highest BCUT2D eigenvalue weighted by atomic mass is 32.2. The van der Waals surface area contributed by atoms with E-state index in [1.165, 1.54) is 6.20 Å². The van der Waals surface area contributed by atoms with E-state index >= 15 is 0 Å². The molecule has 1 fully saturated rings. The van der Waals surface area contributed by atoms with Crippen molar-refractivity contribution in [3.63, 3.8) is 0 Å². The Morgan fingerprint density at radius 2 is 1.72 bits per heavy atom. The number of hydrogen-bond acceptors (Lipinski definition) is 6. The normalized spacial score (nSPS) is 18.1. The van der Waals surface area contributed by atoms with Crippen LogP contribution in [0.15, 0.2) is 30.5 Å². The van der Waals surface area contributed by atoms with Gasteiger partial charge in [-0.3, -0.25) is 0 Å². The Balaban J connectivity index is 2.04. The first-order valence-corrected chi connectivity index (χ1v) is 11.0. The molecular formula is C19H22BF2NO5S. The van der Waals surface area contributed by atoms with Crippen LogP contribution in [0.1, 0.15) is 33.3 Å². The van der Waals surface area contributed by atoms with E-state index in [0.29, 0.717) is 17.1 Å². The molecule has 2 aromatic rings. The van der Waals surface area contributed by atoms with Gasteiger partial charge in [0, 0.05) is 24.0 Å². The Hall–Kier alpha value is -2.04. The van der Waals surface area contributed by atoms with Gasteiger partial charge < -0.3 is 14.0 Å². The van der Waals surface area contributed by atoms with E-state index in [2.05, 4.69) is 4.98 Å². The number of sulfone groups is 1. The summed E-state index contributed by atoms with van der Waals surface area (Å²) < 4.78 is 68.2. The maximum Gasteiger partial charge on any atom is 0.500 e. The molecular weight excluding hydrogens is 403 g/mol. The smallest absolute Gasteiger partial charge is 0.436 e. The van der Waals surface area contributed by atoms with Crippen molar-refractivity contribution in [3.8, 4) is 11.6 Å². The molecule has 0 saturated carbocycles. The predicted molar refractivity (Wildman–Crippen MR) is 105 cm³/mol. The van der Waals surface area contributed by atoms with Gasteiger partial charge in [-0.2, -0.15) is 0 Å². The van der Waals surface area contributed by atoms with E-state index in [1.807, 2.05) is 27.7 Å². The minimum absolute atomic E-state index is 0.0220. The molecule has 0 aliphatic carbocycles. The highest BCUT2D eigenvalue weighted by molar-refractivity contribution is 7.89. The summed E-state index contributed by atoms with van der Waals surface area (Å²) in [5, 5.41) is 0. The third-order valence-corrected chi connectivity index (χ3v) is 5.83. The van der Waals surface area contributed by atoms with Crippen LogP contribution in [0.5, 0.6) is 11.6 Å². The van der Waals surface area contributed by atoms with Crippen molar-refractivity contribution >= 4 is 22.4 Å². The molecule has 1 aromatic heterocycles. The van der Waals surface area contributed by atoms with E-state index in [0.717, 1.165) is 18.4 Å². The molecule has 2 heterocycles. The number of halogens is 2. The molecule has 0 atom stereocenters. The largest absolute Gasteiger partial charge is 0.500 e. The Morgan fingerprint density at radius 3 is 2.28 bits per heavy atom. The molecule has 3 rings (SSSR count). The predicted octanol–water partition coefficient (Wildman–Crippen LogP) is 3.00. The maximum absolute atomic E-state index is 14.1. The average molecular weight is 425 g/mol. The van der Waals surface area contributed by atoms with Crippen LogP contribution in [0.25, 0.3) is 0 Å². The number of pyridine rings is 1. The standard InChI is InChI=1S/C19H22BF2NO5S/c1-18(2)19(3,4)28-20(27-18)14-8-12(11-29(5,24)25)10-23-17(14)26-16-7-6-13(21)9-15(16)22/h6-10H,11H2,1-5H3. The quantitative estimate of drug-likeness (QED) is 0.686. The highest BCUT2D eigenvalue weighted by Crippen LogP contribution is 2.37. The Morgan fingerprint density at radius 1 is 1.10 bits per heavy atom. The lowest BCUT2D eigenvalue weighted by atomic mass is 9.79. The summed E-state index contributed by atoms with van der Waals surface area (Å²) in [6.45, 7) is 7.45. The lowest BCUT2D eigenvalue weighted by Crippen LogP contribution is -2.41. The Bertz CT molecular complexity index is 1030. The zero-order valence-electron chi connectivity index (χ0n) is 16.8. The van der Waals surface area contributed by atoms with Gasteiger partial charge in [0.25, 0.3) is 0 Å². The maximum atomic E-state index is 14.1. The molecule has 0 spiro atoms. The highest BCUT2D eigenvalue weighted by Gasteiger charge is 2.52. The second-order valence-electron chi connectivity index (χ2n) is 8.07. The average Bonchev–Trinajstić information content (AvgIpc) is 2.77. The van der Waals surface area contributed by atoms with E-state index in [-0.39, 0.29) is 17.4 Å². The third-order valence-electron chi connectivity index (χ3n) is 4.97. The first-order valence-electron chi connectivity index (χ1n) is 8.92. The van der Waals surface area contributed by atoms with Crippen molar-refractivity contribution < 1.29 is 31.2 Å². The molecule has 0 radical (unpaired) electrons. The van der Waals surface area contributed by atoms with Crippen LogP contribution in [0.2, 0.25) is 0 Å². The molecule has 156 valence electrons. The fourth-order valence-corrected chi connectivity index (χ4v) is 3.55. The minimum atomic E-state index is -3.31. The van der Waals surface area contributed by atoms with E-state index in [1.54, 1.807) is 6.07 Å². The number of aromatic nitrogens is 1. The summed E-state index contributed by atoms with van der Waals surface area (Å²) in [7, 11) is -4.22. The van der Waals surface area contributed by atoms with E-state index in [4.69, 9.17) is 14.0 Å². The summed E-state index contributed by atoms with van der Waals surface area (Å²) in [6.07, 6.45) is 2.44. The fraction of sp³-hybridized carbons (Fsp3) is 0.421. The van der Waals surface area contributed by atoms with Crippen LogP contribution in [-0.4, -0.2) is 38.0 Å². The van der Waals surface area contributed by atoms with Crippen LogP contribution in [0.4, 0.5) is 8.78 Å². The summed E-state index contributed by atoms with van der Waals surface area (Å²) >= 11 is 0. The van der Waals surface area contributed by atoms with Crippen molar-refractivity contribution in [2.45, 2.75) is 44.6 Å². The molecule has 10 heteroatoms. The van der Waals surface area contributed by atoms with Gasteiger partial charge >= 0.3 is 7.12 Å². The van der Waals surface area contributed by atoms with E-state index < -0.39 is 39.8 Å². The third kappa shape index (κ3) is 4.76. The SMILES string of the molecule is CC1(C)OB(c2cc(CS(C)(=O)=O)cnc2Oc2ccc(F)cc2F)OC1(C)C. The first kappa shape index (κ1) is 21.7. The molecule has 1 aliphatic rings. The summed E-state index contributed by atoms with van der Waals surface area (Å²) in [5.41, 5.74) is -0.608. The first-order chi connectivity index (χ1) is 13.3. The topological polar surface area (TPSA) is 74.7 Å². The molecule has 6 nitrogen and oxygen atoms in total. The van der Waals surface area contributed by atoms with Gasteiger partial charge in [-0.15, -0.1) is 0 Å². The molecule has 0 N–H and O–H groups in total. The molecule has 0 bridgehead atoms. The molecule has 1 aromatic carbocycles. The second kappa shape index (κ2) is 7.34. The van der Waals surface area contributed by atoms with Crippen LogP contribution in [0, 0.1) is 11.6 Å². The zero-order chi connectivity index (χ0) is 21.6. The van der Waals surface area contributed by atoms with Gasteiger partial charge in [-0.25, -0.2) is 22.2 Å². The van der Waals surface area contributed by atoms with Gasteiger partial charge in [0.15, 0.2) is 21.4 Å². The molecule has 1 saturated heterocycles. The van der Waals surface area contributed by atoms with Gasteiger partial charge in [0.2, 0.25) is 5.88 Å². The lowest BCUT2D eigenvalue weighted by molar-refractivity contribution is 0.00578. The van der Waals surface area contributed by atoms with E-state index in [9.17, 15) is 17.2 Å². The minimum Gasteiger partial charge on any atom is -0.436 e. The van der Waals surface area contributed by atoms with Crippen LogP contribution in [0.3, 0.4) is 0 Å². The molecule has 1 aliphatic heterocycles. The zero-order valence-corrected chi connectivity index (χ0v) is 17.6. The van der Waals surface area contributed by atoms with Crippen molar-refractivity contribution in [3.05, 3.63) is 47.7 Å². The van der Waals surface area contributed by atoms with Gasteiger partial charge in [0.1, 0.15) is 5.82 Å². The number of rotatable bonds is 5.